The molecule has 4 N–H and O–H groups in total. The second-order valence-electron chi connectivity index (χ2n) is 6.19. The maximum atomic E-state index is 12.1. The summed E-state index contributed by atoms with van der Waals surface area (Å²) in [7, 11) is 3.07. The molecule has 140 valence electrons. The van der Waals surface area contributed by atoms with Crippen LogP contribution in [-0.4, -0.2) is 63.7 Å². The number of aliphatic hydroxyl groups is 1. The highest BCUT2D eigenvalue weighted by Gasteiger charge is 2.18. The molecular weight excluding hydrogens is 348 g/mol. The first kappa shape index (κ1) is 18.3. The third-order valence-corrected chi connectivity index (χ3v) is 3.92. The number of carbonyl (C=O) groups excluding carboxylic acids is 2. The Hall–Kier alpha value is -3.46. The Kier molecular flexibility index (Phi) is 5.32. The van der Waals surface area contributed by atoms with Crippen molar-refractivity contribution in [2.45, 2.75) is 6.10 Å². The number of likely N-dealkylation sites (N-methyl/N-ethyl adjacent to an activating group) is 1. The molecule has 9 heteroatoms. The number of nitrogens with zero attached hydrogens (tertiary/aromatic N) is 3. The summed E-state index contributed by atoms with van der Waals surface area (Å²) in [4.78, 5) is 29.2. The molecule has 1 atom stereocenters. The fourth-order valence-electron chi connectivity index (χ4n) is 2.45. The third kappa shape index (κ3) is 4.39. The van der Waals surface area contributed by atoms with E-state index in [1.807, 2.05) is 18.2 Å². The number of rotatable bonds is 6. The minimum absolute atomic E-state index is 0.166. The van der Waals surface area contributed by atoms with Crippen LogP contribution in [0.4, 0.5) is 11.5 Å². The molecule has 2 aromatic heterocycles. The Balaban J connectivity index is 1.59. The van der Waals surface area contributed by atoms with Crippen LogP contribution >= 0.6 is 0 Å². The fourth-order valence-corrected chi connectivity index (χ4v) is 2.45. The van der Waals surface area contributed by atoms with Gasteiger partial charge in [-0.2, -0.15) is 5.10 Å². The lowest BCUT2D eigenvalue weighted by atomic mass is 10.2. The average Bonchev–Trinajstić information content (AvgIpc) is 3.13. The number of benzene rings is 1. The average molecular weight is 368 g/mol. The van der Waals surface area contributed by atoms with E-state index in [2.05, 4.69) is 25.8 Å². The van der Waals surface area contributed by atoms with E-state index in [1.54, 1.807) is 18.3 Å². The summed E-state index contributed by atoms with van der Waals surface area (Å²) in [6.45, 7) is -0.166. The van der Waals surface area contributed by atoms with Crippen LogP contribution in [-0.2, 0) is 4.79 Å². The van der Waals surface area contributed by atoms with Crippen LogP contribution in [0, 0.1) is 0 Å². The second kappa shape index (κ2) is 7.83. The molecule has 3 aromatic rings. The largest absolute Gasteiger partial charge is 0.381 e. The van der Waals surface area contributed by atoms with E-state index < -0.39 is 17.9 Å². The highest BCUT2D eigenvalue weighted by atomic mass is 16.3. The van der Waals surface area contributed by atoms with E-state index in [1.165, 1.54) is 25.2 Å². The number of nitrogens with one attached hydrogen (secondary N) is 3. The van der Waals surface area contributed by atoms with Crippen molar-refractivity contribution in [3.8, 4) is 0 Å². The first-order valence-electron chi connectivity index (χ1n) is 8.27. The highest BCUT2D eigenvalue weighted by Crippen LogP contribution is 2.20. The van der Waals surface area contributed by atoms with Crippen molar-refractivity contribution in [2.24, 2.45) is 0 Å². The van der Waals surface area contributed by atoms with Crippen molar-refractivity contribution in [1.29, 1.82) is 0 Å². The van der Waals surface area contributed by atoms with Gasteiger partial charge in [-0.3, -0.25) is 14.7 Å². The van der Waals surface area contributed by atoms with Crippen LogP contribution in [0.15, 0.2) is 42.7 Å². The summed E-state index contributed by atoms with van der Waals surface area (Å²) in [6, 6.07) is 9.03. The Morgan fingerprint density at radius 2 is 2.04 bits per heavy atom. The fraction of sp³-hybridized carbons (Fsp3) is 0.222. The Morgan fingerprint density at radius 3 is 2.74 bits per heavy atom. The quantitative estimate of drug-likeness (QED) is 0.512. The van der Waals surface area contributed by atoms with Gasteiger partial charge in [0.25, 0.3) is 11.8 Å². The van der Waals surface area contributed by atoms with Gasteiger partial charge in [-0.15, -0.1) is 0 Å². The maximum Gasteiger partial charge on any atom is 0.252 e. The third-order valence-electron chi connectivity index (χ3n) is 3.92. The van der Waals surface area contributed by atoms with Crippen molar-refractivity contribution in [2.75, 3.05) is 26.0 Å². The van der Waals surface area contributed by atoms with Gasteiger partial charge in [-0.25, -0.2) is 4.98 Å². The summed E-state index contributed by atoms with van der Waals surface area (Å²) in [5, 5.41) is 23.2. The van der Waals surface area contributed by atoms with Crippen molar-refractivity contribution in [1.82, 2.24) is 25.4 Å². The van der Waals surface area contributed by atoms with E-state index in [9.17, 15) is 14.7 Å². The number of H-pyrrole nitrogens is 1. The molecule has 2 heterocycles. The predicted octanol–water partition coefficient (Wildman–Crippen LogP) is 0.880. The molecule has 3 rings (SSSR count). The molecule has 0 aliphatic carbocycles. The molecule has 0 aliphatic heterocycles. The maximum absolute atomic E-state index is 12.1. The number of aliphatic hydroxyl groups excluding tert-OH is 1. The van der Waals surface area contributed by atoms with Gasteiger partial charge in [0.1, 0.15) is 11.9 Å². The first-order chi connectivity index (χ1) is 12.9. The normalized spacial score (nSPS) is 11.8. The molecule has 0 spiro atoms. The van der Waals surface area contributed by atoms with E-state index in [0.29, 0.717) is 11.4 Å². The summed E-state index contributed by atoms with van der Waals surface area (Å²) in [6.07, 6.45) is 1.88. The van der Waals surface area contributed by atoms with Crippen LogP contribution in [0.3, 0.4) is 0 Å². The standard InChI is InChI=1S/C18H20N6O3/c1-24(2)18(27)15(25)10-20-17(26)11-3-6-16(19-8-11)22-13-4-5-14-12(7-13)9-21-23-14/h3-9,15,25H,10H2,1-2H3,(H,19,22)(H,20,26)(H,21,23)/t15-/m1/s1. The Labute approximate surface area is 155 Å². The molecule has 0 saturated carbocycles. The molecule has 0 saturated heterocycles. The molecule has 27 heavy (non-hydrogen) atoms. The SMILES string of the molecule is CN(C)C(=O)[C@H](O)CNC(=O)c1ccc(Nc2ccc3[nH]ncc3c2)nc1. The number of pyridine rings is 1. The first-order valence-corrected chi connectivity index (χ1v) is 8.27. The zero-order valence-corrected chi connectivity index (χ0v) is 14.9. The Morgan fingerprint density at radius 1 is 1.22 bits per heavy atom. The van der Waals surface area contributed by atoms with Gasteiger partial charge in [0.15, 0.2) is 0 Å². The van der Waals surface area contributed by atoms with Crippen LogP contribution in [0.5, 0.6) is 0 Å². The lowest BCUT2D eigenvalue weighted by Gasteiger charge is -2.16. The van der Waals surface area contributed by atoms with Crippen molar-refractivity contribution >= 4 is 34.2 Å². The molecule has 9 nitrogen and oxygen atoms in total. The predicted molar refractivity (Wildman–Crippen MR) is 101 cm³/mol. The molecule has 0 bridgehead atoms. The smallest absolute Gasteiger partial charge is 0.252 e. The molecule has 0 fully saturated rings. The summed E-state index contributed by atoms with van der Waals surface area (Å²) >= 11 is 0. The minimum Gasteiger partial charge on any atom is -0.381 e. The summed E-state index contributed by atoms with van der Waals surface area (Å²) in [5.41, 5.74) is 2.12. The lowest BCUT2D eigenvalue weighted by molar-refractivity contribution is -0.137. The molecule has 0 unspecified atom stereocenters. The number of anilines is 2. The topological polar surface area (TPSA) is 123 Å². The van der Waals surface area contributed by atoms with Gasteiger partial charge in [0.05, 0.1) is 23.8 Å². The van der Waals surface area contributed by atoms with Gasteiger partial charge in [-0.1, -0.05) is 0 Å². The van der Waals surface area contributed by atoms with Gasteiger partial charge in [0.2, 0.25) is 0 Å². The molecule has 2 amide bonds. The number of aromatic nitrogens is 3. The lowest BCUT2D eigenvalue weighted by Crippen LogP contribution is -2.42. The number of amides is 2. The molecule has 0 radical (unpaired) electrons. The molecular formula is C18H20N6O3. The zero-order chi connectivity index (χ0) is 19.4. The number of fused-ring (bicyclic) bond motifs is 1. The van der Waals surface area contributed by atoms with Gasteiger partial charge >= 0.3 is 0 Å². The van der Waals surface area contributed by atoms with Gasteiger partial charge < -0.3 is 20.6 Å². The molecule has 1 aromatic carbocycles. The number of hydrogen-bond donors (Lipinski definition) is 4. The Bertz CT molecular complexity index is 951. The monoisotopic (exact) mass is 368 g/mol. The van der Waals surface area contributed by atoms with Crippen molar-refractivity contribution in [3.05, 3.63) is 48.3 Å². The highest BCUT2D eigenvalue weighted by molar-refractivity contribution is 5.94. The van der Waals surface area contributed by atoms with E-state index in [0.717, 1.165) is 16.6 Å². The van der Waals surface area contributed by atoms with Crippen LogP contribution in [0.2, 0.25) is 0 Å². The summed E-state index contributed by atoms with van der Waals surface area (Å²) < 4.78 is 0. The van der Waals surface area contributed by atoms with Crippen LogP contribution < -0.4 is 10.6 Å². The van der Waals surface area contributed by atoms with E-state index in [4.69, 9.17) is 0 Å². The van der Waals surface area contributed by atoms with Gasteiger partial charge in [-0.05, 0) is 30.3 Å². The minimum atomic E-state index is -1.28. The number of aromatic amines is 1. The summed E-state index contributed by atoms with van der Waals surface area (Å²) in [5.74, 6) is -0.306. The molecule has 0 aliphatic rings. The number of hydrogen-bond acceptors (Lipinski definition) is 6. The van der Waals surface area contributed by atoms with Crippen molar-refractivity contribution < 1.29 is 14.7 Å². The zero-order valence-electron chi connectivity index (χ0n) is 14.9. The van der Waals surface area contributed by atoms with Crippen LogP contribution in [0.25, 0.3) is 10.9 Å². The van der Waals surface area contributed by atoms with E-state index >= 15 is 0 Å². The van der Waals surface area contributed by atoms with Gasteiger partial charge in [0, 0.05) is 31.4 Å². The van der Waals surface area contributed by atoms with Crippen molar-refractivity contribution in [3.63, 3.8) is 0 Å². The van der Waals surface area contributed by atoms with Crippen LogP contribution in [0.1, 0.15) is 10.4 Å². The number of carbonyl (C=O) groups is 2. The van der Waals surface area contributed by atoms with E-state index in [-0.39, 0.29) is 6.54 Å². The second-order valence-corrected chi connectivity index (χ2v) is 6.19.